The number of hydrogen-bond acceptors (Lipinski definition) is 5. The summed E-state index contributed by atoms with van der Waals surface area (Å²) in [6.07, 6.45) is 0. The van der Waals surface area contributed by atoms with E-state index in [1.165, 1.54) is 11.6 Å². The molecular formula is C14H10F3N5O2. The first kappa shape index (κ1) is 15.7. The molecule has 3 rings (SSSR count). The Morgan fingerprint density at radius 3 is 2.71 bits per heavy atom. The number of aromatic nitrogens is 4. The van der Waals surface area contributed by atoms with E-state index < -0.39 is 28.9 Å². The Morgan fingerprint density at radius 1 is 1.17 bits per heavy atom. The molecule has 0 radical (unpaired) electrons. The normalized spacial score (nSPS) is 10.8. The standard InChI is InChI=1S/C14H10F3N5O2/c1-24-11-5-4-9-19-20-10(22(9)21-11)6-18-14(23)7-2-3-8(15)13(17)12(7)16/h2-5H,6H2,1H3,(H,18,23). The number of carbonyl (C=O) groups is 1. The summed E-state index contributed by atoms with van der Waals surface area (Å²) in [5.74, 6) is -5.00. The zero-order valence-electron chi connectivity index (χ0n) is 12.3. The lowest BCUT2D eigenvalue weighted by atomic mass is 10.2. The molecule has 124 valence electrons. The Hall–Kier alpha value is -3.17. The van der Waals surface area contributed by atoms with Crippen LogP contribution in [0.4, 0.5) is 13.2 Å². The predicted molar refractivity (Wildman–Crippen MR) is 74.8 cm³/mol. The van der Waals surface area contributed by atoms with Crippen LogP contribution in [0.3, 0.4) is 0 Å². The number of fused-ring (bicyclic) bond motifs is 1. The first-order chi connectivity index (χ1) is 11.5. The van der Waals surface area contributed by atoms with Crippen LogP contribution in [-0.4, -0.2) is 32.8 Å². The minimum atomic E-state index is -1.71. The average molecular weight is 337 g/mol. The Balaban J connectivity index is 1.81. The number of nitrogens with one attached hydrogen (secondary N) is 1. The van der Waals surface area contributed by atoms with Crippen molar-refractivity contribution in [2.45, 2.75) is 6.54 Å². The van der Waals surface area contributed by atoms with Gasteiger partial charge in [-0.15, -0.1) is 15.3 Å². The molecule has 0 saturated carbocycles. The molecule has 1 N–H and O–H groups in total. The van der Waals surface area contributed by atoms with Gasteiger partial charge in [0.25, 0.3) is 5.91 Å². The Kier molecular flexibility index (Phi) is 4.02. The molecule has 3 aromatic rings. The van der Waals surface area contributed by atoms with E-state index in [2.05, 4.69) is 20.6 Å². The first-order valence-corrected chi connectivity index (χ1v) is 6.68. The molecule has 0 saturated heterocycles. The van der Waals surface area contributed by atoms with Gasteiger partial charge in [-0.1, -0.05) is 0 Å². The van der Waals surface area contributed by atoms with E-state index in [0.29, 0.717) is 17.6 Å². The highest BCUT2D eigenvalue weighted by molar-refractivity contribution is 5.94. The second kappa shape index (κ2) is 6.14. The molecule has 0 fully saturated rings. The topological polar surface area (TPSA) is 81.4 Å². The number of halogens is 3. The average Bonchev–Trinajstić information content (AvgIpc) is 2.99. The molecule has 2 heterocycles. The summed E-state index contributed by atoms with van der Waals surface area (Å²) in [4.78, 5) is 11.9. The van der Waals surface area contributed by atoms with Gasteiger partial charge in [0.2, 0.25) is 5.88 Å². The smallest absolute Gasteiger partial charge is 0.254 e. The highest BCUT2D eigenvalue weighted by atomic mass is 19.2. The molecule has 0 aliphatic heterocycles. The Bertz CT molecular complexity index is 928. The van der Waals surface area contributed by atoms with Crippen LogP contribution < -0.4 is 10.1 Å². The number of benzene rings is 1. The minimum Gasteiger partial charge on any atom is -0.480 e. The van der Waals surface area contributed by atoms with Crippen LogP contribution in [-0.2, 0) is 6.54 Å². The maximum atomic E-state index is 13.6. The van der Waals surface area contributed by atoms with E-state index in [1.807, 2.05) is 0 Å². The van der Waals surface area contributed by atoms with E-state index in [4.69, 9.17) is 4.74 Å². The van der Waals surface area contributed by atoms with Crippen LogP contribution in [0.2, 0.25) is 0 Å². The molecule has 7 nitrogen and oxygen atoms in total. The predicted octanol–water partition coefficient (Wildman–Crippen LogP) is 1.48. The molecule has 0 bridgehead atoms. The largest absolute Gasteiger partial charge is 0.480 e. The number of nitrogens with zero attached hydrogens (tertiary/aromatic N) is 4. The lowest BCUT2D eigenvalue weighted by molar-refractivity contribution is 0.0944. The van der Waals surface area contributed by atoms with Gasteiger partial charge in [0.15, 0.2) is 28.9 Å². The molecule has 1 amide bonds. The molecule has 1 aromatic carbocycles. The van der Waals surface area contributed by atoms with Crippen LogP contribution in [0.5, 0.6) is 5.88 Å². The van der Waals surface area contributed by atoms with E-state index in [9.17, 15) is 18.0 Å². The maximum absolute atomic E-state index is 13.6. The Labute approximate surface area is 133 Å². The van der Waals surface area contributed by atoms with Crippen molar-refractivity contribution < 1.29 is 22.7 Å². The van der Waals surface area contributed by atoms with Crippen LogP contribution in [0.15, 0.2) is 24.3 Å². The van der Waals surface area contributed by atoms with Crippen LogP contribution in [0.25, 0.3) is 5.65 Å². The summed E-state index contributed by atoms with van der Waals surface area (Å²) in [5.41, 5.74) is -0.202. The highest BCUT2D eigenvalue weighted by Crippen LogP contribution is 2.15. The van der Waals surface area contributed by atoms with Crippen molar-refractivity contribution in [1.82, 2.24) is 25.1 Å². The van der Waals surface area contributed by atoms with Gasteiger partial charge in [-0.2, -0.15) is 4.52 Å². The summed E-state index contributed by atoms with van der Waals surface area (Å²) in [5, 5.41) is 14.1. The lowest BCUT2D eigenvalue weighted by Gasteiger charge is -2.06. The van der Waals surface area contributed by atoms with Crippen molar-refractivity contribution in [1.29, 1.82) is 0 Å². The monoisotopic (exact) mass is 337 g/mol. The van der Waals surface area contributed by atoms with Crippen LogP contribution >= 0.6 is 0 Å². The maximum Gasteiger partial charge on any atom is 0.254 e. The molecule has 2 aromatic heterocycles. The quantitative estimate of drug-likeness (QED) is 0.730. The van der Waals surface area contributed by atoms with E-state index in [1.54, 1.807) is 12.1 Å². The molecule has 0 atom stereocenters. The van der Waals surface area contributed by atoms with Gasteiger partial charge in [0.05, 0.1) is 19.2 Å². The molecule has 10 heteroatoms. The molecule has 24 heavy (non-hydrogen) atoms. The fourth-order valence-corrected chi connectivity index (χ4v) is 1.99. The zero-order valence-corrected chi connectivity index (χ0v) is 12.3. The third-order valence-corrected chi connectivity index (χ3v) is 3.20. The summed E-state index contributed by atoms with van der Waals surface area (Å²) in [6, 6.07) is 4.72. The SMILES string of the molecule is COc1ccc2nnc(CNC(=O)c3ccc(F)c(F)c3F)n2n1. The van der Waals surface area contributed by atoms with Gasteiger partial charge in [0.1, 0.15) is 0 Å². The van der Waals surface area contributed by atoms with Gasteiger partial charge < -0.3 is 10.1 Å². The van der Waals surface area contributed by atoms with Gasteiger partial charge in [-0.25, -0.2) is 13.2 Å². The van der Waals surface area contributed by atoms with Gasteiger partial charge >= 0.3 is 0 Å². The summed E-state index contributed by atoms with van der Waals surface area (Å²) < 4.78 is 46.0. The number of rotatable bonds is 4. The van der Waals surface area contributed by atoms with Gasteiger partial charge in [0, 0.05) is 6.07 Å². The van der Waals surface area contributed by atoms with Gasteiger partial charge in [-0.05, 0) is 18.2 Å². The number of carbonyl (C=O) groups excluding carboxylic acids is 1. The number of hydrogen-bond donors (Lipinski definition) is 1. The van der Waals surface area contributed by atoms with Crippen molar-refractivity contribution in [3.63, 3.8) is 0 Å². The molecular weight excluding hydrogens is 327 g/mol. The highest BCUT2D eigenvalue weighted by Gasteiger charge is 2.19. The summed E-state index contributed by atoms with van der Waals surface area (Å²) >= 11 is 0. The first-order valence-electron chi connectivity index (χ1n) is 6.68. The molecule has 0 aliphatic carbocycles. The molecule has 0 unspecified atom stereocenters. The second-order valence-corrected chi connectivity index (χ2v) is 4.67. The third kappa shape index (κ3) is 2.73. The third-order valence-electron chi connectivity index (χ3n) is 3.20. The summed E-state index contributed by atoms with van der Waals surface area (Å²) in [7, 11) is 1.44. The molecule has 0 aliphatic rings. The number of methoxy groups -OCH3 is 1. The van der Waals surface area contributed by atoms with Crippen molar-refractivity contribution in [2.24, 2.45) is 0 Å². The van der Waals surface area contributed by atoms with Gasteiger partial charge in [-0.3, -0.25) is 4.79 Å². The second-order valence-electron chi connectivity index (χ2n) is 4.67. The van der Waals surface area contributed by atoms with Crippen molar-refractivity contribution >= 4 is 11.6 Å². The fraction of sp³-hybridized carbons (Fsp3) is 0.143. The van der Waals surface area contributed by atoms with Crippen LogP contribution in [0.1, 0.15) is 16.2 Å². The van der Waals surface area contributed by atoms with E-state index in [0.717, 1.165) is 6.07 Å². The number of amides is 1. The Morgan fingerprint density at radius 2 is 1.96 bits per heavy atom. The van der Waals surface area contributed by atoms with E-state index in [-0.39, 0.29) is 12.4 Å². The van der Waals surface area contributed by atoms with Crippen LogP contribution in [0, 0.1) is 17.5 Å². The van der Waals surface area contributed by atoms with E-state index >= 15 is 0 Å². The van der Waals surface area contributed by atoms with Crippen molar-refractivity contribution in [3.05, 3.63) is 53.1 Å². The van der Waals surface area contributed by atoms with Crippen molar-refractivity contribution in [3.8, 4) is 5.88 Å². The summed E-state index contributed by atoms with van der Waals surface area (Å²) in [6.45, 7) is -0.154. The van der Waals surface area contributed by atoms with Crippen molar-refractivity contribution in [2.75, 3.05) is 7.11 Å². The minimum absolute atomic E-state index is 0.154. The zero-order chi connectivity index (χ0) is 17.3. The number of ether oxygens (including phenoxy) is 1. The fourth-order valence-electron chi connectivity index (χ4n) is 1.99. The lowest BCUT2D eigenvalue weighted by Crippen LogP contribution is -2.25. The molecule has 0 spiro atoms.